The highest BCUT2D eigenvalue weighted by Gasteiger charge is 2.12. The summed E-state index contributed by atoms with van der Waals surface area (Å²) in [6.07, 6.45) is 0. The molecular formula is C19H23IN6. The second-order valence-corrected chi connectivity index (χ2v) is 7.51. The van der Waals surface area contributed by atoms with Crippen LogP contribution in [0.25, 0.3) is 22.1 Å². The highest BCUT2D eigenvalue weighted by molar-refractivity contribution is 14.1. The molecule has 0 aliphatic carbocycles. The highest BCUT2D eigenvalue weighted by atomic mass is 127. The van der Waals surface area contributed by atoms with Gasteiger partial charge in [-0.25, -0.2) is 9.67 Å². The third-order valence-electron chi connectivity index (χ3n) is 3.75. The van der Waals surface area contributed by atoms with Crippen LogP contribution in [0.4, 0.5) is 0 Å². The topological polar surface area (TPSA) is 51.8 Å². The van der Waals surface area contributed by atoms with E-state index < -0.39 is 0 Å². The molecule has 0 bridgehead atoms. The van der Waals surface area contributed by atoms with E-state index in [0.717, 1.165) is 33.3 Å². The fourth-order valence-corrected chi connectivity index (χ4v) is 3.23. The number of para-hydroxylation sites is 3. The van der Waals surface area contributed by atoms with Crippen LogP contribution in [0.15, 0.2) is 48.5 Å². The molecule has 0 saturated heterocycles. The lowest BCUT2D eigenvalue weighted by atomic mass is 10.3. The van der Waals surface area contributed by atoms with E-state index in [2.05, 4.69) is 55.7 Å². The van der Waals surface area contributed by atoms with Crippen LogP contribution in [0, 0.1) is 0 Å². The molecule has 0 N–H and O–H groups in total. The summed E-state index contributed by atoms with van der Waals surface area (Å²) in [5.41, 5.74) is 4.17. The van der Waals surface area contributed by atoms with E-state index in [1.807, 2.05) is 61.1 Å². The Balaban J connectivity index is 0.000000447. The lowest BCUT2D eigenvalue weighted by Crippen LogP contribution is -2.10. The van der Waals surface area contributed by atoms with Gasteiger partial charge in [-0.15, -0.1) is 5.10 Å². The summed E-state index contributed by atoms with van der Waals surface area (Å²) in [5.74, 6) is 1.02. The molecule has 6 nitrogen and oxygen atoms in total. The number of halogens is 1. The van der Waals surface area contributed by atoms with Crippen molar-refractivity contribution in [3.63, 3.8) is 0 Å². The molecule has 0 fully saturated rings. The van der Waals surface area contributed by atoms with E-state index in [9.17, 15) is 0 Å². The molecule has 0 radical (unpaired) electrons. The van der Waals surface area contributed by atoms with Crippen LogP contribution in [-0.4, -0.2) is 55.0 Å². The summed E-state index contributed by atoms with van der Waals surface area (Å²) in [6.45, 7) is 1.58. The van der Waals surface area contributed by atoms with Gasteiger partial charge in [0.1, 0.15) is 17.9 Å². The molecule has 26 heavy (non-hydrogen) atoms. The number of fused-ring (bicyclic) bond motifs is 2. The first kappa shape index (κ1) is 18.8. The molecule has 0 aliphatic heterocycles. The first-order chi connectivity index (χ1) is 12.6. The van der Waals surface area contributed by atoms with Crippen molar-refractivity contribution in [2.24, 2.45) is 0 Å². The average Bonchev–Trinajstić information content (AvgIpc) is 3.18. The Bertz CT molecular complexity index is 985. The maximum absolute atomic E-state index is 4.78. The molecule has 0 unspecified atom stereocenters. The zero-order valence-electron chi connectivity index (χ0n) is 15.3. The van der Waals surface area contributed by atoms with Gasteiger partial charge in [-0.2, -0.15) is 0 Å². The standard InChI is InChI=1S/C16H14IN5.C3H9N/c17-9-10-21-14-7-3-1-5-12(14)18-16(21)11-22-15-8-4-2-6-13(15)19-20-22;1-4(2)3/h1-8H,9-11H2;1-3H3. The van der Waals surface area contributed by atoms with Crippen molar-refractivity contribution >= 4 is 44.7 Å². The minimum Gasteiger partial charge on any atom is -0.326 e. The van der Waals surface area contributed by atoms with Gasteiger partial charge >= 0.3 is 0 Å². The molecule has 2 heterocycles. The predicted molar refractivity (Wildman–Crippen MR) is 115 cm³/mol. The monoisotopic (exact) mass is 462 g/mol. The van der Waals surface area contributed by atoms with Gasteiger partial charge in [-0.05, 0) is 45.4 Å². The first-order valence-electron chi connectivity index (χ1n) is 8.49. The van der Waals surface area contributed by atoms with Gasteiger partial charge in [0, 0.05) is 11.0 Å². The minimum absolute atomic E-state index is 0.631. The van der Waals surface area contributed by atoms with Gasteiger partial charge in [-0.3, -0.25) is 0 Å². The molecule has 0 spiro atoms. The Morgan fingerprint density at radius 3 is 2.23 bits per heavy atom. The minimum atomic E-state index is 0.631. The van der Waals surface area contributed by atoms with Crippen LogP contribution in [0.2, 0.25) is 0 Å². The molecule has 4 aromatic rings. The van der Waals surface area contributed by atoms with Crippen molar-refractivity contribution < 1.29 is 0 Å². The van der Waals surface area contributed by atoms with Crippen LogP contribution in [0.1, 0.15) is 5.82 Å². The maximum Gasteiger partial charge on any atom is 0.131 e. The molecule has 0 aliphatic rings. The van der Waals surface area contributed by atoms with Crippen LogP contribution in [0.3, 0.4) is 0 Å². The Labute approximate surface area is 167 Å². The number of benzene rings is 2. The molecular weight excluding hydrogens is 439 g/mol. The maximum atomic E-state index is 4.78. The zero-order valence-corrected chi connectivity index (χ0v) is 17.5. The van der Waals surface area contributed by atoms with Crippen molar-refractivity contribution in [3.05, 3.63) is 54.4 Å². The van der Waals surface area contributed by atoms with Gasteiger partial charge < -0.3 is 9.47 Å². The second kappa shape index (κ2) is 8.59. The quantitative estimate of drug-likeness (QED) is 0.345. The summed E-state index contributed by atoms with van der Waals surface area (Å²) >= 11 is 2.40. The average molecular weight is 462 g/mol. The number of imidazole rings is 1. The van der Waals surface area contributed by atoms with Crippen molar-refractivity contribution in [1.82, 2.24) is 29.4 Å². The number of hydrogen-bond acceptors (Lipinski definition) is 4. The lowest BCUT2D eigenvalue weighted by molar-refractivity contribution is 0.505. The van der Waals surface area contributed by atoms with Gasteiger partial charge in [0.2, 0.25) is 0 Å². The SMILES string of the molecule is CN(C)C.ICCn1c(Cn2nnc3ccccc32)nc2ccccc21. The number of hydrogen-bond donors (Lipinski definition) is 0. The van der Waals surface area contributed by atoms with Crippen molar-refractivity contribution in [2.75, 3.05) is 25.6 Å². The molecule has 0 atom stereocenters. The third kappa shape index (κ3) is 4.21. The van der Waals surface area contributed by atoms with Crippen molar-refractivity contribution in [2.45, 2.75) is 13.1 Å². The predicted octanol–water partition coefficient (Wildman–Crippen LogP) is 3.44. The fourth-order valence-electron chi connectivity index (χ4n) is 2.75. The summed E-state index contributed by atoms with van der Waals surface area (Å²) in [4.78, 5) is 6.78. The smallest absolute Gasteiger partial charge is 0.131 e. The second-order valence-electron chi connectivity index (χ2n) is 6.43. The summed E-state index contributed by atoms with van der Waals surface area (Å²) < 4.78 is 5.24. The normalized spacial score (nSPS) is 11.1. The van der Waals surface area contributed by atoms with Crippen LogP contribution < -0.4 is 0 Å². The number of rotatable bonds is 4. The Hall–Kier alpha value is -2.00. The largest absolute Gasteiger partial charge is 0.326 e. The number of aromatic nitrogens is 5. The summed E-state index contributed by atoms with van der Waals surface area (Å²) in [6, 6.07) is 16.3. The number of alkyl halides is 1. The van der Waals surface area contributed by atoms with E-state index in [4.69, 9.17) is 4.98 Å². The molecule has 136 valence electrons. The number of nitrogens with zero attached hydrogens (tertiary/aromatic N) is 6. The van der Waals surface area contributed by atoms with E-state index in [1.165, 1.54) is 5.52 Å². The summed E-state index contributed by atoms with van der Waals surface area (Å²) in [7, 11) is 6.00. The Kier molecular flexibility index (Phi) is 6.20. The van der Waals surface area contributed by atoms with E-state index >= 15 is 0 Å². The Morgan fingerprint density at radius 1 is 0.923 bits per heavy atom. The third-order valence-corrected chi connectivity index (χ3v) is 4.24. The van der Waals surface area contributed by atoms with Crippen LogP contribution in [-0.2, 0) is 13.1 Å². The van der Waals surface area contributed by atoms with Crippen molar-refractivity contribution in [3.8, 4) is 0 Å². The zero-order chi connectivity index (χ0) is 18.5. The van der Waals surface area contributed by atoms with Gasteiger partial charge in [-0.1, -0.05) is 52.1 Å². The molecule has 0 saturated carbocycles. The molecule has 4 rings (SSSR count). The van der Waals surface area contributed by atoms with Crippen LogP contribution in [0.5, 0.6) is 0 Å². The fraction of sp³-hybridized carbons (Fsp3) is 0.316. The summed E-state index contributed by atoms with van der Waals surface area (Å²) in [5, 5.41) is 8.49. The highest BCUT2D eigenvalue weighted by Crippen LogP contribution is 2.18. The van der Waals surface area contributed by atoms with E-state index in [1.54, 1.807) is 0 Å². The van der Waals surface area contributed by atoms with Gasteiger partial charge in [0.25, 0.3) is 0 Å². The van der Waals surface area contributed by atoms with Gasteiger partial charge in [0.15, 0.2) is 0 Å². The van der Waals surface area contributed by atoms with Crippen molar-refractivity contribution in [1.29, 1.82) is 0 Å². The lowest BCUT2D eigenvalue weighted by Gasteiger charge is -2.07. The Morgan fingerprint density at radius 2 is 1.54 bits per heavy atom. The van der Waals surface area contributed by atoms with E-state index in [0.29, 0.717) is 6.54 Å². The van der Waals surface area contributed by atoms with Crippen LogP contribution >= 0.6 is 22.6 Å². The first-order valence-corrected chi connectivity index (χ1v) is 10.0. The van der Waals surface area contributed by atoms with Gasteiger partial charge in [0.05, 0.1) is 16.6 Å². The molecule has 2 aromatic carbocycles. The molecule has 7 heteroatoms. The molecule has 2 aromatic heterocycles. The van der Waals surface area contributed by atoms with E-state index in [-0.39, 0.29) is 0 Å². The molecule has 0 amide bonds. The number of aryl methyl sites for hydroxylation is 1.